The highest BCUT2D eigenvalue weighted by molar-refractivity contribution is 7.89. The predicted molar refractivity (Wildman–Crippen MR) is 86.8 cm³/mol. The lowest BCUT2D eigenvalue weighted by Gasteiger charge is -2.09. The molecule has 0 aliphatic heterocycles. The van der Waals surface area contributed by atoms with Gasteiger partial charge in [0.25, 0.3) is 0 Å². The topological polar surface area (TPSA) is 148 Å². The summed E-state index contributed by atoms with van der Waals surface area (Å²) in [5, 5.41) is 22.1. The highest BCUT2D eigenvalue weighted by Crippen LogP contribution is 2.21. The van der Waals surface area contributed by atoms with Gasteiger partial charge in [0.05, 0.1) is 21.1 Å². The van der Waals surface area contributed by atoms with Gasteiger partial charge in [-0.15, -0.1) is 0 Å². The first-order chi connectivity index (χ1) is 10.9. The molecule has 0 amide bonds. The van der Waals surface area contributed by atoms with Crippen LogP contribution in [0, 0.1) is 5.41 Å². The van der Waals surface area contributed by atoms with Crippen molar-refractivity contribution in [1.82, 2.24) is 0 Å². The number of nitrogens with one attached hydrogen (secondary N) is 1. The van der Waals surface area contributed by atoms with Gasteiger partial charge in [-0.3, -0.25) is 4.79 Å². The molecule has 130 valence electrons. The second kappa shape index (κ2) is 7.56. The van der Waals surface area contributed by atoms with Gasteiger partial charge >= 0.3 is 5.97 Å². The van der Waals surface area contributed by atoms with Gasteiger partial charge in [0, 0.05) is 5.71 Å². The van der Waals surface area contributed by atoms with Crippen molar-refractivity contribution in [1.29, 1.82) is 5.41 Å². The van der Waals surface area contributed by atoms with Gasteiger partial charge in [-0.05, 0) is 32.0 Å². The van der Waals surface area contributed by atoms with E-state index < -0.39 is 34.1 Å². The molecule has 0 aromatic heterocycles. The van der Waals surface area contributed by atoms with E-state index in [1.54, 1.807) is 0 Å². The molecule has 0 aliphatic carbocycles. The van der Waals surface area contributed by atoms with Gasteiger partial charge in [0.2, 0.25) is 10.0 Å². The number of ether oxygens (including phenoxy) is 1. The molecular formula is C14H15ClN2O6S. The largest absolute Gasteiger partial charge is 0.508 e. The Labute approximate surface area is 143 Å². The van der Waals surface area contributed by atoms with Crippen molar-refractivity contribution in [2.75, 3.05) is 6.61 Å². The molecule has 0 atom stereocenters. The number of rotatable bonds is 6. The maximum atomic E-state index is 12.0. The van der Waals surface area contributed by atoms with Crippen molar-refractivity contribution >= 4 is 39.1 Å². The lowest BCUT2D eigenvalue weighted by Crippen LogP contribution is -2.16. The Morgan fingerprint density at radius 1 is 1.33 bits per heavy atom. The van der Waals surface area contributed by atoms with Gasteiger partial charge in [0.15, 0.2) is 5.78 Å². The molecule has 0 bridgehead atoms. The standard InChI is InChI=1S/C14H15ClN2O6S/c1-7(16)13(8(2)18)12(19)6-23-14(20)10-5-9(24(17,21)22)3-4-11(10)15/h3-5,16,19H,6H2,1-2H3,(H2,17,21,22)/b13-12-,16-7?. The first kappa shape index (κ1) is 19.8. The molecule has 1 rings (SSSR count). The number of allylic oxidation sites excluding steroid dienone is 1. The summed E-state index contributed by atoms with van der Waals surface area (Å²) in [6.45, 7) is 1.76. The van der Waals surface area contributed by atoms with Crippen molar-refractivity contribution in [3.63, 3.8) is 0 Å². The summed E-state index contributed by atoms with van der Waals surface area (Å²) < 4.78 is 27.4. The van der Waals surface area contributed by atoms with Crippen LogP contribution in [0.5, 0.6) is 0 Å². The van der Waals surface area contributed by atoms with Crippen LogP contribution < -0.4 is 5.14 Å². The molecule has 24 heavy (non-hydrogen) atoms. The first-order valence-electron chi connectivity index (χ1n) is 6.43. The molecule has 0 fully saturated rings. The Morgan fingerprint density at radius 3 is 2.38 bits per heavy atom. The van der Waals surface area contributed by atoms with E-state index in [4.69, 9.17) is 26.9 Å². The van der Waals surface area contributed by atoms with Gasteiger partial charge in [-0.2, -0.15) is 0 Å². The summed E-state index contributed by atoms with van der Waals surface area (Å²) in [6, 6.07) is 3.23. The van der Waals surface area contributed by atoms with E-state index in [0.29, 0.717) is 0 Å². The second-order valence-electron chi connectivity index (χ2n) is 4.77. The number of esters is 1. The molecule has 4 N–H and O–H groups in total. The fourth-order valence-electron chi connectivity index (χ4n) is 1.81. The van der Waals surface area contributed by atoms with Gasteiger partial charge in [-0.1, -0.05) is 11.6 Å². The van der Waals surface area contributed by atoms with Crippen LogP contribution in [-0.4, -0.2) is 37.6 Å². The third kappa shape index (κ3) is 4.88. The third-order valence-electron chi connectivity index (χ3n) is 2.84. The molecule has 0 saturated carbocycles. The normalized spacial score (nSPS) is 12.3. The third-order valence-corrected chi connectivity index (χ3v) is 4.08. The van der Waals surface area contributed by atoms with Crippen LogP contribution >= 0.6 is 11.6 Å². The van der Waals surface area contributed by atoms with E-state index in [-0.39, 0.29) is 26.8 Å². The van der Waals surface area contributed by atoms with Crippen molar-refractivity contribution in [3.05, 3.63) is 40.1 Å². The molecule has 10 heteroatoms. The number of aliphatic hydroxyl groups is 1. The molecule has 0 radical (unpaired) electrons. The Balaban J connectivity index is 3.07. The van der Waals surface area contributed by atoms with Crippen molar-refractivity contribution in [3.8, 4) is 0 Å². The summed E-state index contributed by atoms with van der Waals surface area (Å²) in [4.78, 5) is 23.0. The zero-order valence-corrected chi connectivity index (χ0v) is 14.4. The van der Waals surface area contributed by atoms with E-state index in [2.05, 4.69) is 0 Å². The number of halogens is 1. The number of benzene rings is 1. The minimum absolute atomic E-state index is 0.0779. The van der Waals surface area contributed by atoms with E-state index in [1.807, 2.05) is 0 Å². The maximum absolute atomic E-state index is 12.0. The summed E-state index contributed by atoms with van der Waals surface area (Å²) in [7, 11) is -4.04. The number of sulfonamides is 1. The van der Waals surface area contributed by atoms with E-state index in [9.17, 15) is 23.1 Å². The smallest absolute Gasteiger partial charge is 0.340 e. The quantitative estimate of drug-likeness (QED) is 0.298. The Hall–Kier alpha value is -2.23. The highest BCUT2D eigenvalue weighted by Gasteiger charge is 2.19. The van der Waals surface area contributed by atoms with E-state index in [1.165, 1.54) is 6.92 Å². The van der Waals surface area contributed by atoms with Gasteiger partial charge in [-0.25, -0.2) is 18.4 Å². The first-order valence-corrected chi connectivity index (χ1v) is 8.35. The number of ketones is 1. The van der Waals surface area contributed by atoms with Gasteiger partial charge in [0.1, 0.15) is 12.4 Å². The van der Waals surface area contributed by atoms with E-state index >= 15 is 0 Å². The van der Waals surface area contributed by atoms with Crippen LogP contribution in [0.4, 0.5) is 0 Å². The Bertz CT molecular complexity index is 829. The van der Waals surface area contributed by atoms with Crippen molar-refractivity contribution < 1.29 is 27.9 Å². The van der Waals surface area contributed by atoms with E-state index in [0.717, 1.165) is 25.1 Å². The number of nitrogens with two attached hydrogens (primary N) is 1. The molecule has 0 heterocycles. The SMILES string of the molecule is CC(=N)/C(C(C)=O)=C(/O)COC(=O)c1cc(S(N)(=O)=O)ccc1Cl. The number of carbonyl (C=O) groups excluding carboxylic acids is 2. The number of Topliss-reactive ketones (excluding diaryl/α,β-unsaturated/α-hetero) is 1. The maximum Gasteiger partial charge on any atom is 0.340 e. The van der Waals surface area contributed by atoms with Crippen molar-refractivity contribution in [2.24, 2.45) is 5.14 Å². The summed E-state index contributed by atoms with van der Waals surface area (Å²) in [6.07, 6.45) is 0. The lowest BCUT2D eigenvalue weighted by molar-refractivity contribution is -0.113. The fraction of sp³-hybridized carbons (Fsp3) is 0.214. The molecule has 0 aliphatic rings. The summed E-state index contributed by atoms with van der Waals surface area (Å²) >= 11 is 5.82. The zero-order valence-electron chi connectivity index (χ0n) is 12.8. The number of primary sulfonamides is 1. The lowest BCUT2D eigenvalue weighted by atomic mass is 10.1. The minimum Gasteiger partial charge on any atom is -0.508 e. The van der Waals surface area contributed by atoms with Crippen LogP contribution in [0.1, 0.15) is 24.2 Å². The number of hydrogen-bond donors (Lipinski definition) is 3. The molecule has 8 nitrogen and oxygen atoms in total. The van der Waals surface area contributed by atoms with Crippen molar-refractivity contribution in [2.45, 2.75) is 18.7 Å². The van der Waals surface area contributed by atoms with Crippen LogP contribution in [0.15, 0.2) is 34.4 Å². The number of aliphatic hydroxyl groups excluding tert-OH is 1. The van der Waals surface area contributed by atoms with Gasteiger partial charge < -0.3 is 15.3 Å². The zero-order chi connectivity index (χ0) is 18.7. The van der Waals surface area contributed by atoms with Crippen LogP contribution in [0.2, 0.25) is 5.02 Å². The number of carbonyl (C=O) groups is 2. The summed E-state index contributed by atoms with van der Waals surface area (Å²) in [5.41, 5.74) is -0.732. The van der Waals surface area contributed by atoms with Crippen LogP contribution in [0.25, 0.3) is 0 Å². The predicted octanol–water partition coefficient (Wildman–Crippen LogP) is 1.58. The minimum atomic E-state index is -4.04. The molecule has 0 spiro atoms. The monoisotopic (exact) mass is 374 g/mol. The molecule has 0 unspecified atom stereocenters. The Kier molecular flexibility index (Phi) is 6.24. The second-order valence-corrected chi connectivity index (χ2v) is 6.73. The average Bonchev–Trinajstić information content (AvgIpc) is 2.43. The highest BCUT2D eigenvalue weighted by atomic mass is 35.5. The number of hydrogen-bond acceptors (Lipinski definition) is 7. The molecule has 0 saturated heterocycles. The molecular weight excluding hydrogens is 360 g/mol. The fourth-order valence-corrected chi connectivity index (χ4v) is 2.54. The van der Waals surface area contributed by atoms with Crippen LogP contribution in [-0.2, 0) is 19.6 Å². The molecule has 1 aromatic rings. The Morgan fingerprint density at radius 2 is 1.92 bits per heavy atom. The van der Waals surface area contributed by atoms with Crippen LogP contribution in [0.3, 0.4) is 0 Å². The average molecular weight is 375 g/mol. The molecule has 1 aromatic carbocycles. The summed E-state index contributed by atoms with van der Waals surface area (Å²) in [5.74, 6) is -2.19.